The molecule has 1 aromatic carbocycles. The fourth-order valence-electron chi connectivity index (χ4n) is 7.13. The Balaban J connectivity index is 1.15. The zero-order valence-corrected chi connectivity index (χ0v) is 24.0. The first-order chi connectivity index (χ1) is 19.2. The standard InChI is InChI=1S/C30H28ClN5O3S/c1-30(2)23-24(30)29(38)36(28(23)37)13-16-11-21-27(40-16)17(4-7-33-21)18-10-15(31)8-14-9-22(39-26(14)18)25-19-12-32-6-5-20(19)34-35(25)3/h4,7-8,10-11,22-24,32H,5-6,9,12-13H2,1-3H3/t22-,23?,24?/m1/s1. The quantitative estimate of drug-likeness (QED) is 0.352. The molecular weight excluding hydrogens is 546 g/mol. The fraction of sp³-hybridized carbons (Fsp3) is 0.400. The van der Waals surface area contributed by atoms with E-state index in [-0.39, 0.29) is 41.7 Å². The lowest BCUT2D eigenvalue weighted by Gasteiger charge is -2.19. The number of carbonyl (C=O) groups is 2. The minimum Gasteiger partial charge on any atom is -0.483 e. The van der Waals surface area contributed by atoms with Crippen molar-refractivity contribution >= 4 is 45.0 Å². The van der Waals surface area contributed by atoms with Crippen LogP contribution in [-0.4, -0.2) is 38.0 Å². The molecule has 0 spiro atoms. The molecule has 8 nitrogen and oxygen atoms in total. The van der Waals surface area contributed by atoms with Gasteiger partial charge >= 0.3 is 0 Å². The van der Waals surface area contributed by atoms with Gasteiger partial charge in [0.05, 0.1) is 40.0 Å². The molecule has 8 rings (SSSR count). The Hall–Kier alpha value is -3.27. The minimum atomic E-state index is -0.213. The third-order valence-electron chi connectivity index (χ3n) is 9.18. The molecule has 1 aliphatic carbocycles. The molecule has 0 radical (unpaired) electrons. The molecule has 4 aromatic rings. The fourth-order valence-corrected chi connectivity index (χ4v) is 8.50. The van der Waals surface area contributed by atoms with Gasteiger partial charge in [-0.05, 0) is 29.7 Å². The normalized spacial score (nSPS) is 24.3. The lowest BCUT2D eigenvalue weighted by atomic mass is 9.98. The Labute approximate surface area is 240 Å². The van der Waals surface area contributed by atoms with Crippen LogP contribution in [-0.2, 0) is 42.6 Å². The third kappa shape index (κ3) is 3.40. The van der Waals surface area contributed by atoms with Crippen molar-refractivity contribution in [1.82, 2.24) is 25.0 Å². The molecule has 1 saturated carbocycles. The molecule has 4 aliphatic rings. The monoisotopic (exact) mass is 573 g/mol. The Bertz CT molecular complexity index is 1750. The zero-order valence-electron chi connectivity index (χ0n) is 22.5. The maximum absolute atomic E-state index is 12.9. The number of thiophene rings is 1. The molecule has 0 bridgehead atoms. The minimum absolute atomic E-state index is 0.0507. The molecule has 6 heterocycles. The van der Waals surface area contributed by atoms with E-state index >= 15 is 0 Å². The number of hydrogen-bond acceptors (Lipinski definition) is 7. The van der Waals surface area contributed by atoms with E-state index in [0.717, 1.165) is 74.9 Å². The molecule has 3 atom stereocenters. The van der Waals surface area contributed by atoms with Gasteiger partial charge in [0.2, 0.25) is 11.8 Å². The highest BCUT2D eigenvalue weighted by atomic mass is 35.5. The summed E-state index contributed by atoms with van der Waals surface area (Å²) in [6.07, 6.45) is 3.29. The first-order valence-electron chi connectivity index (χ1n) is 13.7. The van der Waals surface area contributed by atoms with Gasteiger partial charge < -0.3 is 10.1 Å². The number of nitrogens with one attached hydrogen (secondary N) is 1. The molecule has 40 heavy (non-hydrogen) atoms. The second-order valence-electron chi connectivity index (χ2n) is 11.9. The van der Waals surface area contributed by atoms with Crippen molar-refractivity contribution in [2.75, 3.05) is 6.54 Å². The number of fused-ring (bicyclic) bond motifs is 4. The number of aromatic nitrogens is 3. The highest BCUT2D eigenvalue weighted by Crippen LogP contribution is 2.63. The van der Waals surface area contributed by atoms with Gasteiger partial charge in [0, 0.05) is 71.3 Å². The first-order valence-corrected chi connectivity index (χ1v) is 14.9. The number of imide groups is 1. The molecule has 1 N–H and O–H groups in total. The molecule has 10 heteroatoms. The number of pyridine rings is 1. The molecule has 2 fully saturated rings. The van der Waals surface area contributed by atoms with E-state index in [2.05, 4.69) is 10.3 Å². The number of rotatable bonds is 4. The SMILES string of the molecule is Cn1nc2c(c1[C@H]1Cc3cc(Cl)cc(-c4ccnc5cc(CN6C(=O)C7C(C6=O)C7(C)C)sc45)c3O1)CNCC2. The van der Waals surface area contributed by atoms with Gasteiger partial charge in [-0.15, -0.1) is 11.3 Å². The van der Waals surface area contributed by atoms with Crippen LogP contribution in [0.25, 0.3) is 21.3 Å². The summed E-state index contributed by atoms with van der Waals surface area (Å²) in [4.78, 5) is 32.9. The van der Waals surface area contributed by atoms with Crippen molar-refractivity contribution in [1.29, 1.82) is 0 Å². The van der Waals surface area contributed by atoms with Gasteiger partial charge in [-0.25, -0.2) is 0 Å². The molecule has 3 aliphatic heterocycles. The lowest BCUT2D eigenvalue weighted by molar-refractivity contribution is -0.143. The maximum Gasteiger partial charge on any atom is 0.234 e. The highest BCUT2D eigenvalue weighted by Gasteiger charge is 2.72. The summed E-state index contributed by atoms with van der Waals surface area (Å²) >= 11 is 8.23. The second kappa shape index (κ2) is 8.38. The summed E-state index contributed by atoms with van der Waals surface area (Å²) < 4.78 is 9.66. The average Bonchev–Trinajstić information content (AvgIpc) is 3.41. The van der Waals surface area contributed by atoms with Crippen molar-refractivity contribution in [2.45, 2.75) is 45.9 Å². The van der Waals surface area contributed by atoms with Crippen molar-refractivity contribution in [3.05, 3.63) is 62.9 Å². The summed E-state index contributed by atoms with van der Waals surface area (Å²) in [5.74, 6) is 0.379. The van der Waals surface area contributed by atoms with Crippen LogP contribution in [0.15, 0.2) is 30.5 Å². The molecule has 2 unspecified atom stereocenters. The Morgan fingerprint density at radius 1 is 1.18 bits per heavy atom. The largest absolute Gasteiger partial charge is 0.483 e. The van der Waals surface area contributed by atoms with Gasteiger partial charge in [-0.3, -0.25) is 24.2 Å². The summed E-state index contributed by atoms with van der Waals surface area (Å²) in [5.41, 5.74) is 7.09. The maximum atomic E-state index is 12.9. The van der Waals surface area contributed by atoms with E-state index in [1.807, 2.05) is 49.8 Å². The van der Waals surface area contributed by atoms with E-state index < -0.39 is 0 Å². The van der Waals surface area contributed by atoms with E-state index in [1.165, 1.54) is 10.5 Å². The number of nitrogens with zero attached hydrogens (tertiary/aromatic N) is 4. The van der Waals surface area contributed by atoms with Gasteiger partial charge in [0.25, 0.3) is 0 Å². The van der Waals surface area contributed by atoms with Crippen LogP contribution in [0.2, 0.25) is 5.02 Å². The topological polar surface area (TPSA) is 89.4 Å². The van der Waals surface area contributed by atoms with Crippen LogP contribution in [0.3, 0.4) is 0 Å². The summed E-state index contributed by atoms with van der Waals surface area (Å²) in [7, 11) is 1.99. The van der Waals surface area contributed by atoms with Gasteiger partial charge in [-0.2, -0.15) is 5.10 Å². The number of benzene rings is 1. The number of carbonyl (C=O) groups excluding carboxylic acids is 2. The number of likely N-dealkylation sites (tertiary alicyclic amines) is 1. The Morgan fingerprint density at radius 2 is 1.98 bits per heavy atom. The van der Waals surface area contributed by atoms with Crippen molar-refractivity contribution in [2.24, 2.45) is 24.3 Å². The lowest BCUT2D eigenvalue weighted by Crippen LogP contribution is -2.35. The van der Waals surface area contributed by atoms with Crippen molar-refractivity contribution < 1.29 is 14.3 Å². The summed E-state index contributed by atoms with van der Waals surface area (Å²) in [6.45, 7) is 6.02. The molecule has 3 aromatic heterocycles. The van der Waals surface area contributed by atoms with E-state index in [1.54, 1.807) is 17.5 Å². The highest BCUT2D eigenvalue weighted by molar-refractivity contribution is 7.19. The van der Waals surface area contributed by atoms with Crippen LogP contribution >= 0.6 is 22.9 Å². The van der Waals surface area contributed by atoms with Crippen LogP contribution < -0.4 is 10.1 Å². The van der Waals surface area contributed by atoms with Gasteiger partial charge in [0.15, 0.2) is 0 Å². The number of hydrogen-bond donors (Lipinski definition) is 1. The van der Waals surface area contributed by atoms with Crippen molar-refractivity contribution in [3.8, 4) is 16.9 Å². The van der Waals surface area contributed by atoms with Crippen molar-refractivity contribution in [3.63, 3.8) is 0 Å². The van der Waals surface area contributed by atoms with Crippen LogP contribution in [0.1, 0.15) is 47.3 Å². The van der Waals surface area contributed by atoms with E-state index in [9.17, 15) is 9.59 Å². The number of amides is 2. The van der Waals surface area contributed by atoms with Gasteiger partial charge in [-0.1, -0.05) is 25.4 Å². The Kier molecular flexibility index (Phi) is 5.13. The Morgan fingerprint density at radius 3 is 2.77 bits per heavy atom. The number of piperidine rings is 1. The molecule has 204 valence electrons. The molecule has 2 amide bonds. The van der Waals surface area contributed by atoms with E-state index in [0.29, 0.717) is 5.02 Å². The summed E-state index contributed by atoms with van der Waals surface area (Å²) in [5, 5.41) is 8.90. The first kappa shape index (κ1) is 24.5. The third-order valence-corrected chi connectivity index (χ3v) is 10.5. The smallest absolute Gasteiger partial charge is 0.234 e. The van der Waals surface area contributed by atoms with E-state index in [4.69, 9.17) is 21.4 Å². The molecule has 1 saturated heterocycles. The summed E-state index contributed by atoms with van der Waals surface area (Å²) in [6, 6.07) is 7.94. The predicted octanol–water partition coefficient (Wildman–Crippen LogP) is 4.81. The molecular formula is C30H28ClN5O3S. The van der Waals surface area contributed by atoms with Crippen LogP contribution in [0.4, 0.5) is 0 Å². The zero-order chi connectivity index (χ0) is 27.5. The predicted molar refractivity (Wildman–Crippen MR) is 152 cm³/mol. The second-order valence-corrected chi connectivity index (χ2v) is 13.5. The number of ether oxygens (including phenoxy) is 1. The number of halogens is 1. The van der Waals surface area contributed by atoms with Crippen LogP contribution in [0.5, 0.6) is 5.75 Å². The van der Waals surface area contributed by atoms with Crippen LogP contribution in [0, 0.1) is 17.3 Å². The van der Waals surface area contributed by atoms with Gasteiger partial charge in [0.1, 0.15) is 11.9 Å². The number of aryl methyl sites for hydroxylation is 1. The average molecular weight is 574 g/mol.